The summed E-state index contributed by atoms with van der Waals surface area (Å²) in [6.07, 6.45) is 3.26. The van der Waals surface area contributed by atoms with Crippen molar-refractivity contribution in [2.45, 2.75) is 33.3 Å². The average Bonchev–Trinajstić information content (AvgIpc) is 2.55. The predicted octanol–water partition coefficient (Wildman–Crippen LogP) is 2.55. The van der Waals surface area contributed by atoms with Crippen molar-refractivity contribution in [2.75, 3.05) is 6.61 Å². The summed E-state index contributed by atoms with van der Waals surface area (Å²) in [5.74, 6) is 0.469. The van der Waals surface area contributed by atoms with Gasteiger partial charge in [0.05, 0.1) is 11.1 Å². The Balaban J connectivity index is 2.03. The molecule has 0 fully saturated rings. The summed E-state index contributed by atoms with van der Waals surface area (Å²) >= 11 is 0. The summed E-state index contributed by atoms with van der Waals surface area (Å²) < 4.78 is 7.15. The SMILES string of the molecule is Cc1nccn(-c2ccc3nc(OCC(C)(C)O)cc(C)c3c2)c1=O. The van der Waals surface area contributed by atoms with Crippen LogP contribution in [-0.4, -0.2) is 31.8 Å². The third kappa shape index (κ3) is 3.69. The molecule has 0 aliphatic carbocycles. The topological polar surface area (TPSA) is 77.2 Å². The van der Waals surface area contributed by atoms with E-state index in [1.54, 1.807) is 37.7 Å². The van der Waals surface area contributed by atoms with Crippen molar-refractivity contribution in [1.29, 1.82) is 0 Å². The quantitative estimate of drug-likeness (QED) is 0.790. The van der Waals surface area contributed by atoms with Crippen molar-refractivity contribution < 1.29 is 9.84 Å². The van der Waals surface area contributed by atoms with E-state index in [1.165, 1.54) is 0 Å². The molecular formula is C19H21N3O3. The number of aromatic nitrogens is 3. The maximum Gasteiger partial charge on any atom is 0.276 e. The molecule has 6 nitrogen and oxygen atoms in total. The van der Waals surface area contributed by atoms with E-state index >= 15 is 0 Å². The van der Waals surface area contributed by atoms with Crippen LogP contribution in [0.15, 0.2) is 41.5 Å². The first kappa shape index (κ1) is 17.1. The van der Waals surface area contributed by atoms with Gasteiger partial charge in [0, 0.05) is 29.5 Å². The number of rotatable bonds is 4. The van der Waals surface area contributed by atoms with Crippen LogP contribution < -0.4 is 10.3 Å². The number of aryl methyl sites for hydroxylation is 2. The van der Waals surface area contributed by atoms with E-state index in [1.807, 2.05) is 31.2 Å². The van der Waals surface area contributed by atoms with Crippen LogP contribution in [0, 0.1) is 13.8 Å². The van der Waals surface area contributed by atoms with Gasteiger partial charge < -0.3 is 9.84 Å². The minimum atomic E-state index is -0.922. The second kappa shape index (κ2) is 6.29. The molecular weight excluding hydrogens is 318 g/mol. The fourth-order valence-electron chi connectivity index (χ4n) is 2.54. The molecule has 3 rings (SSSR count). The lowest BCUT2D eigenvalue weighted by atomic mass is 10.1. The van der Waals surface area contributed by atoms with Gasteiger partial charge in [0.2, 0.25) is 5.88 Å². The molecule has 0 radical (unpaired) electrons. The molecule has 2 heterocycles. The average molecular weight is 339 g/mol. The summed E-state index contributed by atoms with van der Waals surface area (Å²) in [5.41, 5.74) is 1.91. The number of fused-ring (bicyclic) bond motifs is 1. The lowest BCUT2D eigenvalue weighted by molar-refractivity contribution is 0.0269. The number of hydrogen-bond acceptors (Lipinski definition) is 5. The normalized spacial score (nSPS) is 11.7. The van der Waals surface area contributed by atoms with Crippen molar-refractivity contribution in [2.24, 2.45) is 0 Å². The largest absolute Gasteiger partial charge is 0.475 e. The molecule has 1 aromatic carbocycles. The van der Waals surface area contributed by atoms with E-state index in [0.29, 0.717) is 11.6 Å². The number of nitrogens with zero attached hydrogens (tertiary/aromatic N) is 3. The maximum atomic E-state index is 12.3. The Hall–Kier alpha value is -2.73. The summed E-state index contributed by atoms with van der Waals surface area (Å²) in [6, 6.07) is 7.46. The third-order valence-corrected chi connectivity index (χ3v) is 3.84. The van der Waals surface area contributed by atoms with Crippen LogP contribution in [-0.2, 0) is 0 Å². The third-order valence-electron chi connectivity index (χ3n) is 3.84. The second-order valence-corrected chi connectivity index (χ2v) is 6.77. The minimum absolute atomic E-state index is 0.141. The standard InChI is InChI=1S/C19H21N3O3/c1-12-9-17(25-11-19(3,4)24)21-16-6-5-14(10-15(12)16)22-8-7-20-13(2)18(22)23/h5-10,24H,11H2,1-4H3. The minimum Gasteiger partial charge on any atom is -0.475 e. The Labute approximate surface area is 145 Å². The fraction of sp³-hybridized carbons (Fsp3) is 0.316. The fourth-order valence-corrected chi connectivity index (χ4v) is 2.54. The highest BCUT2D eigenvalue weighted by Gasteiger charge is 2.14. The molecule has 0 aliphatic rings. The van der Waals surface area contributed by atoms with Crippen molar-refractivity contribution in [3.05, 3.63) is 58.3 Å². The number of ether oxygens (including phenoxy) is 1. The van der Waals surface area contributed by atoms with Crippen molar-refractivity contribution >= 4 is 10.9 Å². The van der Waals surface area contributed by atoms with Gasteiger partial charge >= 0.3 is 0 Å². The van der Waals surface area contributed by atoms with Crippen LogP contribution in [0.1, 0.15) is 25.1 Å². The van der Waals surface area contributed by atoms with Gasteiger partial charge in [-0.3, -0.25) is 14.3 Å². The molecule has 25 heavy (non-hydrogen) atoms. The molecule has 130 valence electrons. The van der Waals surface area contributed by atoms with E-state index in [-0.39, 0.29) is 12.2 Å². The van der Waals surface area contributed by atoms with Crippen LogP contribution in [0.3, 0.4) is 0 Å². The molecule has 0 amide bonds. The van der Waals surface area contributed by atoms with Gasteiger partial charge in [0.25, 0.3) is 5.56 Å². The monoisotopic (exact) mass is 339 g/mol. The molecule has 0 spiro atoms. The van der Waals surface area contributed by atoms with Crippen molar-refractivity contribution in [3.8, 4) is 11.6 Å². The van der Waals surface area contributed by atoms with Crippen LogP contribution >= 0.6 is 0 Å². The molecule has 0 saturated carbocycles. The van der Waals surface area contributed by atoms with Gasteiger partial charge in [-0.25, -0.2) is 4.98 Å². The molecule has 2 aromatic heterocycles. The summed E-state index contributed by atoms with van der Waals surface area (Å²) in [4.78, 5) is 20.8. The van der Waals surface area contributed by atoms with Crippen LogP contribution in [0.5, 0.6) is 5.88 Å². The lowest BCUT2D eigenvalue weighted by Gasteiger charge is -2.18. The van der Waals surface area contributed by atoms with Crippen LogP contribution in [0.4, 0.5) is 0 Å². The van der Waals surface area contributed by atoms with Gasteiger partial charge in [0.1, 0.15) is 12.3 Å². The van der Waals surface area contributed by atoms with Gasteiger partial charge in [0.15, 0.2) is 0 Å². The van der Waals surface area contributed by atoms with E-state index in [4.69, 9.17) is 4.74 Å². The first-order valence-corrected chi connectivity index (χ1v) is 8.06. The maximum absolute atomic E-state index is 12.3. The smallest absolute Gasteiger partial charge is 0.276 e. The van der Waals surface area contributed by atoms with Gasteiger partial charge in [-0.2, -0.15) is 0 Å². The Morgan fingerprint density at radius 1 is 1.24 bits per heavy atom. The van der Waals surface area contributed by atoms with Gasteiger partial charge in [-0.1, -0.05) is 0 Å². The summed E-state index contributed by atoms with van der Waals surface area (Å²) in [7, 11) is 0. The molecule has 6 heteroatoms. The lowest BCUT2D eigenvalue weighted by Crippen LogP contribution is -2.28. The van der Waals surface area contributed by atoms with E-state index in [9.17, 15) is 9.90 Å². The van der Waals surface area contributed by atoms with Crippen molar-refractivity contribution in [3.63, 3.8) is 0 Å². The highest BCUT2D eigenvalue weighted by Crippen LogP contribution is 2.24. The Bertz CT molecular complexity index is 987. The summed E-state index contributed by atoms with van der Waals surface area (Å²) in [6.45, 7) is 7.18. The first-order valence-electron chi connectivity index (χ1n) is 8.06. The summed E-state index contributed by atoms with van der Waals surface area (Å²) in [5, 5.41) is 10.7. The zero-order chi connectivity index (χ0) is 18.2. The van der Waals surface area contributed by atoms with Crippen LogP contribution in [0.25, 0.3) is 16.6 Å². The molecule has 0 aliphatic heterocycles. The number of aliphatic hydroxyl groups is 1. The van der Waals surface area contributed by atoms with E-state index < -0.39 is 5.60 Å². The first-order chi connectivity index (χ1) is 11.7. The number of hydrogen-bond donors (Lipinski definition) is 1. The Kier molecular flexibility index (Phi) is 4.30. The highest BCUT2D eigenvalue weighted by molar-refractivity contribution is 5.84. The Morgan fingerprint density at radius 3 is 2.72 bits per heavy atom. The van der Waals surface area contributed by atoms with Gasteiger partial charge in [-0.15, -0.1) is 0 Å². The molecule has 0 saturated heterocycles. The van der Waals surface area contributed by atoms with E-state index in [0.717, 1.165) is 22.2 Å². The van der Waals surface area contributed by atoms with Crippen molar-refractivity contribution in [1.82, 2.24) is 14.5 Å². The molecule has 3 aromatic rings. The molecule has 0 atom stereocenters. The zero-order valence-corrected chi connectivity index (χ0v) is 14.8. The Morgan fingerprint density at radius 2 is 2.00 bits per heavy atom. The van der Waals surface area contributed by atoms with E-state index in [2.05, 4.69) is 9.97 Å². The predicted molar refractivity (Wildman–Crippen MR) is 96.4 cm³/mol. The second-order valence-electron chi connectivity index (χ2n) is 6.77. The highest BCUT2D eigenvalue weighted by atomic mass is 16.5. The molecule has 1 N–H and O–H groups in total. The molecule has 0 unspecified atom stereocenters. The molecule has 0 bridgehead atoms. The zero-order valence-electron chi connectivity index (χ0n) is 14.8. The number of pyridine rings is 1. The van der Waals surface area contributed by atoms with Gasteiger partial charge in [-0.05, 0) is 51.5 Å². The number of benzene rings is 1. The van der Waals surface area contributed by atoms with Crippen LogP contribution in [0.2, 0.25) is 0 Å².